The van der Waals surface area contributed by atoms with Gasteiger partial charge in [0.1, 0.15) is 0 Å². The summed E-state index contributed by atoms with van der Waals surface area (Å²) in [5, 5.41) is 0. The summed E-state index contributed by atoms with van der Waals surface area (Å²) in [6, 6.07) is 0. The Balaban J connectivity index is 2.53. The Morgan fingerprint density at radius 2 is 1.00 bits per heavy atom. The molecule has 38 valence electrons. The van der Waals surface area contributed by atoms with Crippen molar-refractivity contribution in [1.29, 1.82) is 0 Å². The van der Waals surface area contributed by atoms with Gasteiger partial charge < -0.3 is 0 Å². The number of hydrogen-bond acceptors (Lipinski definition) is 0. The van der Waals surface area contributed by atoms with Gasteiger partial charge in [0.15, 0.2) is 0 Å². The molecule has 0 heterocycles. The van der Waals surface area contributed by atoms with E-state index in [1.54, 1.807) is 0 Å². The molecule has 0 N–H and O–H groups in total. The van der Waals surface area contributed by atoms with Gasteiger partial charge in [0, 0.05) is 28.2 Å². The highest BCUT2D eigenvalue weighted by Gasteiger charge is 1.92. The molecule has 0 aromatic rings. The van der Waals surface area contributed by atoms with Gasteiger partial charge in [-0.2, -0.15) is 0 Å². The van der Waals surface area contributed by atoms with Crippen LogP contribution in [0.2, 0.25) is 13.6 Å². The molecule has 0 spiro atoms. The van der Waals surface area contributed by atoms with Crippen molar-refractivity contribution >= 4 is 42.6 Å². The van der Waals surface area contributed by atoms with E-state index in [1.807, 2.05) is 0 Å². The quantitative estimate of drug-likeness (QED) is 0.260. The van der Waals surface area contributed by atoms with E-state index >= 15 is 0 Å². The third-order valence-electron chi connectivity index (χ3n) is 1.46. The summed E-state index contributed by atoms with van der Waals surface area (Å²) in [5.41, 5.74) is 0. The number of rotatable bonds is 5. The normalized spacial score (nSPS) is 6.75. The predicted molar refractivity (Wildman–Crippen MR) is 54.6 cm³/mol. The Morgan fingerprint density at radius 1 is 0.625 bits per heavy atom. The molecule has 0 aliphatic rings. The van der Waals surface area contributed by atoms with E-state index in [1.165, 1.54) is 42.6 Å². The lowest BCUT2D eigenvalue weighted by atomic mass is 8.97. The fraction of sp³-hybridized carbons (Fsp3) is 1.00. The molecule has 6 heteroatoms. The lowest BCUT2D eigenvalue weighted by Gasteiger charge is -1.84. The smallest absolute Gasteiger partial charge is 0.0738 e. The number of hydrogen-bond donors (Lipinski definition) is 0. The molecule has 0 rings (SSSR count). The molecule has 0 unspecified atom stereocenters. The Kier molecular flexibility index (Phi) is 7.75. The van der Waals surface area contributed by atoms with Gasteiger partial charge in [-0.1, -0.05) is 13.6 Å². The highest BCUT2D eigenvalue weighted by molar-refractivity contribution is 7.58. The second kappa shape index (κ2) is 7.39. The third kappa shape index (κ3) is 6.39. The molecule has 0 radical (unpaired) electrons. The van der Waals surface area contributed by atoms with Crippen LogP contribution in [-0.2, 0) is 0 Å². The zero-order valence-electron chi connectivity index (χ0n) is 6.24. The first-order valence-electron chi connectivity index (χ1n) is 3.91. The lowest BCUT2D eigenvalue weighted by Crippen LogP contribution is -2.24. The molecule has 0 amide bonds. The SMILES string of the molecule is CBBBBBBC. The molecule has 0 bridgehead atoms. The van der Waals surface area contributed by atoms with E-state index in [0.29, 0.717) is 0 Å². The first kappa shape index (κ1) is 8.39. The van der Waals surface area contributed by atoms with Crippen molar-refractivity contribution in [2.75, 3.05) is 0 Å². The Hall–Kier alpha value is 0.390. The summed E-state index contributed by atoms with van der Waals surface area (Å²) < 4.78 is 0. The molecular formula is C2H12B6. The van der Waals surface area contributed by atoms with E-state index in [0.717, 1.165) is 0 Å². The van der Waals surface area contributed by atoms with Crippen LogP contribution in [0.25, 0.3) is 0 Å². The van der Waals surface area contributed by atoms with Crippen molar-refractivity contribution in [3.63, 3.8) is 0 Å². The van der Waals surface area contributed by atoms with Gasteiger partial charge in [-0.15, -0.1) is 0 Å². The zero-order valence-corrected chi connectivity index (χ0v) is 6.24. The minimum atomic E-state index is 1.36. The van der Waals surface area contributed by atoms with Crippen LogP contribution in [0.5, 0.6) is 0 Å². The summed E-state index contributed by atoms with van der Waals surface area (Å²) in [7, 11) is 8.49. The molecule has 0 aliphatic heterocycles. The maximum Gasteiger partial charge on any atom is 0.0738 e. The van der Waals surface area contributed by atoms with Gasteiger partial charge in [-0.3, -0.25) is 0 Å². The minimum absolute atomic E-state index is 1.36. The van der Waals surface area contributed by atoms with Crippen molar-refractivity contribution < 1.29 is 0 Å². The molecule has 0 atom stereocenters. The average Bonchev–Trinajstić information content (AvgIpc) is 1.81. The van der Waals surface area contributed by atoms with Crippen molar-refractivity contribution in [3.05, 3.63) is 0 Å². The molecule has 0 aromatic carbocycles. The molecule has 0 fully saturated rings. The van der Waals surface area contributed by atoms with Crippen LogP contribution >= 0.6 is 0 Å². The summed E-state index contributed by atoms with van der Waals surface area (Å²) in [5.74, 6) is 0. The lowest BCUT2D eigenvalue weighted by molar-refractivity contribution is 2.37. The average molecular weight is 101 g/mol. The molecule has 0 saturated carbocycles. The van der Waals surface area contributed by atoms with Gasteiger partial charge in [0.2, 0.25) is 0 Å². The monoisotopic (exact) mass is 102 g/mol. The van der Waals surface area contributed by atoms with E-state index < -0.39 is 0 Å². The van der Waals surface area contributed by atoms with E-state index in [9.17, 15) is 0 Å². The molecule has 0 aromatic heterocycles. The first-order chi connectivity index (χ1) is 3.91. The highest BCUT2D eigenvalue weighted by Crippen LogP contribution is 1.55. The molecule has 8 heavy (non-hydrogen) atoms. The maximum absolute atomic E-state index is 2.26. The van der Waals surface area contributed by atoms with Crippen LogP contribution in [0.1, 0.15) is 0 Å². The van der Waals surface area contributed by atoms with E-state index in [4.69, 9.17) is 0 Å². The minimum Gasteiger partial charge on any atom is -0.0966 e. The standard InChI is InChI=1S/C2H12B6/c1-3-5-7-8-6-4-2/h3-8H,1-2H3. The summed E-state index contributed by atoms with van der Waals surface area (Å²) in [6.45, 7) is 4.51. The Bertz CT molecular complexity index is 31.5. The topological polar surface area (TPSA) is 0 Å². The van der Waals surface area contributed by atoms with Crippen LogP contribution in [0.3, 0.4) is 0 Å². The van der Waals surface area contributed by atoms with Crippen LogP contribution in [0.4, 0.5) is 0 Å². The van der Waals surface area contributed by atoms with Gasteiger partial charge >= 0.3 is 0 Å². The van der Waals surface area contributed by atoms with Crippen molar-refractivity contribution in [2.45, 2.75) is 13.6 Å². The second-order valence-corrected chi connectivity index (χ2v) is 2.41. The highest BCUT2D eigenvalue weighted by atomic mass is 12.9. The molecule has 0 saturated heterocycles. The van der Waals surface area contributed by atoms with Gasteiger partial charge in [0.25, 0.3) is 0 Å². The first-order valence-corrected chi connectivity index (χ1v) is 3.91. The molecular weight excluding hydrogens is 88.9 g/mol. The summed E-state index contributed by atoms with van der Waals surface area (Å²) in [4.78, 5) is 0. The van der Waals surface area contributed by atoms with Crippen molar-refractivity contribution in [1.82, 2.24) is 0 Å². The van der Waals surface area contributed by atoms with Crippen LogP contribution < -0.4 is 0 Å². The second-order valence-electron chi connectivity index (χ2n) is 2.41. The molecule has 0 nitrogen and oxygen atoms in total. The van der Waals surface area contributed by atoms with Crippen molar-refractivity contribution in [3.8, 4) is 0 Å². The van der Waals surface area contributed by atoms with Gasteiger partial charge in [0.05, 0.1) is 14.3 Å². The Labute approximate surface area is 56.9 Å². The van der Waals surface area contributed by atoms with Crippen LogP contribution in [0, 0.1) is 0 Å². The molecule has 0 aliphatic carbocycles. The van der Waals surface area contributed by atoms with Crippen LogP contribution in [0.15, 0.2) is 0 Å². The fourth-order valence-corrected chi connectivity index (χ4v) is 0.854. The summed E-state index contributed by atoms with van der Waals surface area (Å²) in [6.07, 6.45) is 0. The van der Waals surface area contributed by atoms with Crippen LogP contribution in [-0.4, -0.2) is 42.6 Å². The maximum atomic E-state index is 2.26. The zero-order chi connectivity index (χ0) is 6.24. The Morgan fingerprint density at radius 3 is 1.25 bits per heavy atom. The third-order valence-corrected chi connectivity index (χ3v) is 1.46. The predicted octanol–water partition coefficient (Wildman–Crippen LogP) is -2.72. The van der Waals surface area contributed by atoms with E-state index in [-0.39, 0.29) is 0 Å². The van der Waals surface area contributed by atoms with Crippen molar-refractivity contribution in [2.24, 2.45) is 0 Å². The summed E-state index contributed by atoms with van der Waals surface area (Å²) >= 11 is 0. The van der Waals surface area contributed by atoms with Gasteiger partial charge in [-0.25, -0.2) is 0 Å². The fourth-order valence-electron chi connectivity index (χ4n) is 0.854. The van der Waals surface area contributed by atoms with E-state index in [2.05, 4.69) is 13.6 Å². The van der Waals surface area contributed by atoms with Gasteiger partial charge in [-0.05, 0) is 0 Å². The largest absolute Gasteiger partial charge is 0.0966 e.